The lowest BCUT2D eigenvalue weighted by molar-refractivity contribution is 0.148. The molecule has 13 heteroatoms. The van der Waals surface area contributed by atoms with Crippen molar-refractivity contribution in [2.45, 2.75) is 111 Å². The summed E-state index contributed by atoms with van der Waals surface area (Å²) in [5.41, 5.74) is 7.84. The van der Waals surface area contributed by atoms with Crippen molar-refractivity contribution >= 4 is 19.7 Å². The van der Waals surface area contributed by atoms with Crippen LogP contribution in [0.25, 0.3) is 32.6 Å². The van der Waals surface area contributed by atoms with E-state index in [1.54, 1.807) is 49.4 Å². The highest BCUT2D eigenvalue weighted by Crippen LogP contribution is 2.40. The minimum atomic E-state index is -2.03. The summed E-state index contributed by atoms with van der Waals surface area (Å²) in [7, 11) is -2.03. The summed E-state index contributed by atoms with van der Waals surface area (Å²) in [6.07, 6.45) is 0.353. The van der Waals surface area contributed by atoms with Crippen molar-refractivity contribution in [3.05, 3.63) is 153 Å². The Morgan fingerprint density at radius 2 is 1.10 bits per heavy atom. The quantitative estimate of drug-likeness (QED) is 0.0926. The van der Waals surface area contributed by atoms with Crippen LogP contribution in [-0.2, 0) is 17.3 Å². The van der Waals surface area contributed by atoms with Crippen molar-refractivity contribution in [1.82, 2.24) is 20.4 Å². The van der Waals surface area contributed by atoms with Crippen molar-refractivity contribution in [3.63, 3.8) is 0 Å². The van der Waals surface area contributed by atoms with E-state index >= 15 is 0 Å². The van der Waals surface area contributed by atoms with E-state index in [1.165, 1.54) is 0 Å². The van der Waals surface area contributed by atoms with Crippen LogP contribution in [0.5, 0.6) is 0 Å². The van der Waals surface area contributed by atoms with Crippen LogP contribution >= 0.6 is 0 Å². The van der Waals surface area contributed by atoms with Crippen LogP contribution in [0.3, 0.4) is 0 Å². The summed E-state index contributed by atoms with van der Waals surface area (Å²) >= 11 is 0. The highest BCUT2D eigenvalue weighted by Gasteiger charge is 2.41. The molecule has 0 saturated carbocycles. The summed E-state index contributed by atoms with van der Waals surface area (Å²) in [5, 5.41) is 45.1. The van der Waals surface area contributed by atoms with Crippen LogP contribution in [0.4, 0.5) is 11.4 Å². The smallest absolute Gasteiger partial charge is 0.247 e. The number of hydrogen-bond donors (Lipinski definition) is 1. The van der Waals surface area contributed by atoms with Crippen LogP contribution in [0.2, 0.25) is 18.1 Å². The maximum atomic E-state index is 10.2. The Morgan fingerprint density at radius 3 is 1.45 bits per heavy atom. The zero-order valence-corrected chi connectivity index (χ0v) is 37.1. The molecule has 2 aromatic heterocycles. The average Bonchev–Trinajstić information content (AvgIpc) is 3.93. The molecule has 1 N–H and O–H groups in total. The number of aliphatic hydroxyl groups is 1. The van der Waals surface area contributed by atoms with Gasteiger partial charge in [-0.15, -0.1) is 20.4 Å². The van der Waals surface area contributed by atoms with Gasteiger partial charge in [0.1, 0.15) is 0 Å². The molecule has 0 aliphatic carbocycles. The van der Waals surface area contributed by atoms with E-state index in [-0.39, 0.29) is 30.4 Å². The molecule has 0 aliphatic heterocycles. The minimum Gasteiger partial charge on any atom is -0.420 e. The number of aliphatic hydroxyl groups excluding tert-OH is 1. The third-order valence-electron chi connectivity index (χ3n) is 11.1. The monoisotopic (exact) mass is 846 g/mol. The molecule has 0 bridgehead atoms. The van der Waals surface area contributed by atoms with Gasteiger partial charge in [0.25, 0.3) is 0 Å². The Labute approximate surface area is 366 Å². The predicted octanol–water partition coefficient (Wildman–Crippen LogP) is 12.0. The zero-order chi connectivity index (χ0) is 44.5. The molecule has 0 fully saturated rings. The van der Waals surface area contributed by atoms with E-state index in [9.17, 15) is 5.11 Å². The van der Waals surface area contributed by atoms with Gasteiger partial charge in [-0.1, -0.05) is 64.6 Å². The van der Waals surface area contributed by atoms with Crippen molar-refractivity contribution in [2.75, 3.05) is 0 Å². The van der Waals surface area contributed by atoms with Crippen LogP contribution in [0, 0.1) is 49.7 Å². The van der Waals surface area contributed by atoms with Crippen LogP contribution in [0.15, 0.2) is 93.8 Å². The standard InChI is InChI=1S/C27H32N4O2Si.C21H18N4O2.CH4/c1-18-15-21(11-14-24(18)29-6)16-23(19(2)33-34(7,8)27(3,4)5)26-31-30-25(32-26)22-12-9-20(17-28)10-13-22;1-13-10-16(6-9-19(13)23-3)11-18(14(2)26)21-25-24-20(27-21)17-7-4-15(12-22)5-8-17;/h9-15,19,23H,16H2,1-5,7-8H3;4-10,14,18,26H,11H2,1-2H3;1H4/t19-,23-;14-,18-;/m11./s1. The van der Waals surface area contributed by atoms with E-state index < -0.39 is 14.4 Å². The molecular formula is C49H54N8O4Si. The number of aromatic nitrogens is 4. The van der Waals surface area contributed by atoms with E-state index in [0.29, 0.717) is 64.5 Å². The molecular weight excluding hydrogens is 793 g/mol. The van der Waals surface area contributed by atoms with Gasteiger partial charge in [0.2, 0.25) is 23.6 Å². The second kappa shape index (κ2) is 20.7. The molecule has 4 aromatic carbocycles. The van der Waals surface area contributed by atoms with Gasteiger partial charge in [-0.3, -0.25) is 0 Å². The Kier molecular flexibility index (Phi) is 16.0. The Balaban J connectivity index is 0.000000275. The number of rotatable bonds is 12. The van der Waals surface area contributed by atoms with Gasteiger partial charge in [0.05, 0.1) is 60.5 Å². The van der Waals surface area contributed by atoms with E-state index in [2.05, 4.69) is 89.1 Å². The SMILES string of the molecule is C.[C-]#[N+]c1ccc(C[C@@H](c2nnc(-c3ccc(C#N)cc3)o2)[C@@H](C)O)cc1C.[C-]#[N+]c1ccc(C[C@@H](c2nnc(-c3ccc(C#N)cc3)o2)[C@@H](C)O[Si](C)(C)C(C)(C)C)cc1C. The van der Waals surface area contributed by atoms with Gasteiger partial charge in [-0.2, -0.15) is 10.5 Å². The van der Waals surface area contributed by atoms with Crippen molar-refractivity contribution in [3.8, 4) is 35.0 Å². The molecule has 0 radical (unpaired) electrons. The summed E-state index contributed by atoms with van der Waals surface area (Å²) < 4.78 is 18.7. The van der Waals surface area contributed by atoms with Gasteiger partial charge in [0, 0.05) is 11.1 Å². The van der Waals surface area contributed by atoms with Crippen molar-refractivity contribution in [2.24, 2.45) is 0 Å². The fourth-order valence-corrected chi connectivity index (χ4v) is 7.91. The molecule has 0 unspecified atom stereocenters. The first kappa shape index (κ1) is 47.9. The lowest BCUT2D eigenvalue weighted by Gasteiger charge is -2.40. The van der Waals surface area contributed by atoms with Crippen molar-refractivity contribution in [1.29, 1.82) is 10.5 Å². The molecule has 0 saturated heterocycles. The van der Waals surface area contributed by atoms with Gasteiger partial charge < -0.3 is 18.4 Å². The predicted molar refractivity (Wildman–Crippen MR) is 243 cm³/mol. The first-order chi connectivity index (χ1) is 29.0. The molecule has 12 nitrogen and oxygen atoms in total. The number of benzene rings is 4. The van der Waals surface area contributed by atoms with E-state index in [1.807, 2.05) is 50.2 Å². The maximum Gasteiger partial charge on any atom is 0.247 e. The maximum absolute atomic E-state index is 10.2. The second-order valence-electron chi connectivity index (χ2n) is 16.7. The van der Waals surface area contributed by atoms with E-state index in [0.717, 1.165) is 27.8 Å². The molecule has 0 amide bonds. The minimum absolute atomic E-state index is 0. The van der Waals surface area contributed by atoms with Crippen molar-refractivity contribution < 1.29 is 18.4 Å². The molecule has 4 atom stereocenters. The van der Waals surface area contributed by atoms with Gasteiger partial charge in [-0.05, 0) is 129 Å². The van der Waals surface area contributed by atoms with Crippen LogP contribution in [0.1, 0.15) is 99.0 Å². The lowest BCUT2D eigenvalue weighted by Crippen LogP contribution is -2.44. The van der Waals surface area contributed by atoms with Crippen LogP contribution < -0.4 is 0 Å². The van der Waals surface area contributed by atoms with E-state index in [4.69, 9.17) is 36.9 Å². The molecule has 6 rings (SSSR count). The summed E-state index contributed by atoms with van der Waals surface area (Å²) in [6.45, 7) is 33.2. The van der Waals surface area contributed by atoms with Gasteiger partial charge in [-0.25, -0.2) is 9.69 Å². The molecule has 0 aliphatic rings. The average molecular weight is 847 g/mol. The topological polar surface area (TPSA) is 164 Å². The number of nitrogens with zero attached hydrogens (tertiary/aromatic N) is 8. The first-order valence-electron chi connectivity index (χ1n) is 19.9. The number of aryl methyl sites for hydroxylation is 2. The Bertz CT molecular complexity index is 2620. The molecule has 62 heavy (non-hydrogen) atoms. The summed E-state index contributed by atoms with van der Waals surface area (Å²) in [5.74, 6) is 1.15. The zero-order valence-electron chi connectivity index (χ0n) is 36.1. The lowest BCUT2D eigenvalue weighted by atomic mass is 9.93. The fourth-order valence-electron chi connectivity index (χ4n) is 6.47. The first-order valence-corrected chi connectivity index (χ1v) is 22.8. The number of hydrogen-bond acceptors (Lipinski definition) is 10. The Hall–Kier alpha value is -6.74. The normalized spacial score (nSPS) is 13.1. The molecule has 6 aromatic rings. The summed E-state index contributed by atoms with van der Waals surface area (Å²) in [6, 6.07) is 29.7. The van der Waals surface area contributed by atoms with Gasteiger partial charge >= 0.3 is 0 Å². The fraction of sp³-hybridized carbons (Fsp3) is 0.347. The summed E-state index contributed by atoms with van der Waals surface area (Å²) in [4.78, 5) is 7.05. The van der Waals surface area contributed by atoms with Gasteiger partial charge in [0.15, 0.2) is 19.7 Å². The molecule has 0 spiro atoms. The largest absolute Gasteiger partial charge is 0.420 e. The third-order valence-corrected chi connectivity index (χ3v) is 15.7. The third kappa shape index (κ3) is 11.7. The second-order valence-corrected chi connectivity index (χ2v) is 21.4. The molecule has 2 heterocycles. The van der Waals surface area contributed by atoms with Crippen LogP contribution in [-0.4, -0.2) is 46.0 Å². The molecule has 318 valence electrons. The Morgan fingerprint density at radius 1 is 0.694 bits per heavy atom. The highest BCUT2D eigenvalue weighted by molar-refractivity contribution is 6.74. The highest BCUT2D eigenvalue weighted by atomic mass is 28.4. The number of nitriles is 2.